The van der Waals surface area contributed by atoms with E-state index < -0.39 is 0 Å². The molecule has 2 unspecified atom stereocenters. The van der Waals surface area contributed by atoms with Crippen molar-refractivity contribution in [3.63, 3.8) is 0 Å². The molecule has 1 fully saturated rings. The van der Waals surface area contributed by atoms with E-state index in [9.17, 15) is 9.90 Å². The fraction of sp³-hybridized carbons (Fsp3) is 0.533. The summed E-state index contributed by atoms with van der Waals surface area (Å²) in [5.41, 5.74) is 0.702. The Hall–Kier alpha value is -1.75. The largest absolute Gasteiger partial charge is 0.497 e. The summed E-state index contributed by atoms with van der Waals surface area (Å²) in [4.78, 5) is 13.7. The van der Waals surface area contributed by atoms with Crippen LogP contribution in [-0.2, 0) is 0 Å². The van der Waals surface area contributed by atoms with Crippen molar-refractivity contribution in [2.24, 2.45) is 5.92 Å². The lowest BCUT2D eigenvalue weighted by Crippen LogP contribution is -2.37. The van der Waals surface area contributed by atoms with Crippen molar-refractivity contribution >= 4 is 11.7 Å². The molecule has 0 aliphatic heterocycles. The van der Waals surface area contributed by atoms with Crippen molar-refractivity contribution in [2.45, 2.75) is 25.4 Å². The molecule has 110 valence electrons. The molecular weight excluding hydrogens is 256 g/mol. The highest BCUT2D eigenvalue weighted by atomic mass is 16.5. The standard InChI is InChI=1S/C15H22N2O3/c1-17(10-11-5-3-8-14(11)18)15(19)16-12-6-4-7-13(9-12)20-2/h4,6-7,9,11,14,18H,3,5,8,10H2,1-2H3,(H,16,19). The van der Waals surface area contributed by atoms with E-state index in [0.717, 1.165) is 19.3 Å². The van der Waals surface area contributed by atoms with Gasteiger partial charge >= 0.3 is 6.03 Å². The first-order chi connectivity index (χ1) is 9.60. The molecule has 0 radical (unpaired) electrons. The summed E-state index contributed by atoms with van der Waals surface area (Å²) in [7, 11) is 3.34. The maximum Gasteiger partial charge on any atom is 0.321 e. The molecule has 2 N–H and O–H groups in total. The average Bonchev–Trinajstić information content (AvgIpc) is 2.84. The summed E-state index contributed by atoms with van der Waals surface area (Å²) in [5, 5.41) is 12.6. The van der Waals surface area contributed by atoms with Gasteiger partial charge in [-0.3, -0.25) is 0 Å². The van der Waals surface area contributed by atoms with Crippen molar-refractivity contribution in [3.8, 4) is 5.75 Å². The van der Waals surface area contributed by atoms with Gasteiger partial charge in [0, 0.05) is 31.3 Å². The highest BCUT2D eigenvalue weighted by Crippen LogP contribution is 2.26. The fourth-order valence-corrected chi connectivity index (χ4v) is 2.58. The highest BCUT2D eigenvalue weighted by molar-refractivity contribution is 5.89. The van der Waals surface area contributed by atoms with Gasteiger partial charge in [-0.1, -0.05) is 12.5 Å². The molecule has 1 aliphatic carbocycles. The highest BCUT2D eigenvalue weighted by Gasteiger charge is 2.27. The van der Waals surface area contributed by atoms with Gasteiger partial charge in [0.1, 0.15) is 5.75 Å². The van der Waals surface area contributed by atoms with Crippen LogP contribution in [0.25, 0.3) is 0 Å². The Morgan fingerprint density at radius 1 is 1.50 bits per heavy atom. The molecule has 0 aromatic heterocycles. The number of carbonyl (C=O) groups is 1. The maximum atomic E-state index is 12.1. The molecule has 2 amide bonds. The monoisotopic (exact) mass is 278 g/mol. The summed E-state index contributed by atoms with van der Waals surface area (Å²) < 4.78 is 5.12. The van der Waals surface area contributed by atoms with E-state index in [1.165, 1.54) is 0 Å². The first-order valence-electron chi connectivity index (χ1n) is 6.94. The number of hydrogen-bond acceptors (Lipinski definition) is 3. The van der Waals surface area contributed by atoms with Crippen molar-refractivity contribution in [2.75, 3.05) is 26.0 Å². The number of hydrogen-bond donors (Lipinski definition) is 2. The number of aliphatic hydroxyl groups excluding tert-OH is 1. The number of carbonyl (C=O) groups excluding carboxylic acids is 1. The molecule has 1 aromatic rings. The quantitative estimate of drug-likeness (QED) is 0.888. The lowest BCUT2D eigenvalue weighted by atomic mass is 10.1. The number of urea groups is 1. The van der Waals surface area contributed by atoms with Gasteiger partial charge in [-0.25, -0.2) is 4.79 Å². The summed E-state index contributed by atoms with van der Waals surface area (Å²) in [6, 6.07) is 7.08. The number of aliphatic hydroxyl groups is 1. The molecule has 5 nitrogen and oxygen atoms in total. The van der Waals surface area contributed by atoms with Gasteiger partial charge in [-0.2, -0.15) is 0 Å². The Kier molecular flexibility index (Phi) is 4.84. The topological polar surface area (TPSA) is 61.8 Å². The van der Waals surface area contributed by atoms with E-state index in [1.54, 1.807) is 25.1 Å². The maximum absolute atomic E-state index is 12.1. The van der Waals surface area contributed by atoms with Gasteiger partial charge in [0.25, 0.3) is 0 Å². The number of benzene rings is 1. The van der Waals surface area contributed by atoms with Crippen molar-refractivity contribution in [3.05, 3.63) is 24.3 Å². The molecule has 0 saturated heterocycles. The minimum Gasteiger partial charge on any atom is -0.497 e. The van der Waals surface area contributed by atoms with Crippen LogP contribution < -0.4 is 10.1 Å². The van der Waals surface area contributed by atoms with Gasteiger partial charge < -0.3 is 20.1 Å². The summed E-state index contributed by atoms with van der Waals surface area (Å²) >= 11 is 0. The molecule has 1 saturated carbocycles. The predicted octanol–water partition coefficient (Wildman–Crippen LogP) is 2.32. The van der Waals surface area contributed by atoms with E-state index >= 15 is 0 Å². The smallest absolute Gasteiger partial charge is 0.321 e. The van der Waals surface area contributed by atoms with Gasteiger partial charge in [0.05, 0.1) is 13.2 Å². The van der Waals surface area contributed by atoms with Crippen LogP contribution in [0.2, 0.25) is 0 Å². The SMILES string of the molecule is COc1cccc(NC(=O)N(C)CC2CCCC2O)c1. The first-order valence-corrected chi connectivity index (χ1v) is 6.94. The van der Waals surface area contributed by atoms with Crippen LogP contribution in [0, 0.1) is 5.92 Å². The minimum atomic E-state index is -0.276. The fourth-order valence-electron chi connectivity index (χ4n) is 2.58. The van der Waals surface area contributed by atoms with Crippen LogP contribution in [0.15, 0.2) is 24.3 Å². The van der Waals surface area contributed by atoms with Crippen LogP contribution in [0.1, 0.15) is 19.3 Å². The Morgan fingerprint density at radius 3 is 2.95 bits per heavy atom. The Labute approximate surface area is 119 Å². The van der Waals surface area contributed by atoms with Crippen molar-refractivity contribution < 1.29 is 14.6 Å². The Morgan fingerprint density at radius 2 is 2.30 bits per heavy atom. The molecule has 0 bridgehead atoms. The summed E-state index contributed by atoms with van der Waals surface area (Å²) in [6.45, 7) is 0.580. The van der Waals surface area contributed by atoms with Gasteiger partial charge in [-0.05, 0) is 25.0 Å². The Balaban J connectivity index is 1.90. The number of nitrogens with one attached hydrogen (secondary N) is 1. The summed E-state index contributed by atoms with van der Waals surface area (Å²) in [5.74, 6) is 0.896. The summed E-state index contributed by atoms with van der Waals surface area (Å²) in [6.07, 6.45) is 2.59. The molecule has 20 heavy (non-hydrogen) atoms. The molecule has 5 heteroatoms. The number of ether oxygens (including phenoxy) is 1. The normalized spacial score (nSPS) is 21.6. The minimum absolute atomic E-state index is 0.169. The second-order valence-corrected chi connectivity index (χ2v) is 5.30. The third-order valence-electron chi connectivity index (χ3n) is 3.80. The van der Waals surface area contributed by atoms with Crippen LogP contribution >= 0.6 is 0 Å². The van der Waals surface area contributed by atoms with E-state index in [1.807, 2.05) is 18.2 Å². The number of amides is 2. The molecule has 2 atom stereocenters. The van der Waals surface area contributed by atoms with Crippen LogP contribution in [-0.4, -0.2) is 42.8 Å². The molecular formula is C15H22N2O3. The molecule has 0 heterocycles. The Bertz CT molecular complexity index is 464. The van der Waals surface area contributed by atoms with E-state index in [0.29, 0.717) is 18.0 Å². The molecule has 1 aromatic carbocycles. The average molecular weight is 278 g/mol. The van der Waals surface area contributed by atoms with E-state index in [2.05, 4.69) is 5.32 Å². The lowest BCUT2D eigenvalue weighted by molar-refractivity contribution is 0.116. The zero-order chi connectivity index (χ0) is 14.5. The number of rotatable bonds is 4. The predicted molar refractivity (Wildman–Crippen MR) is 78.0 cm³/mol. The van der Waals surface area contributed by atoms with Crippen LogP contribution in [0.4, 0.5) is 10.5 Å². The molecule has 0 spiro atoms. The van der Waals surface area contributed by atoms with Gasteiger partial charge in [0.15, 0.2) is 0 Å². The van der Waals surface area contributed by atoms with Gasteiger partial charge in [-0.15, -0.1) is 0 Å². The van der Waals surface area contributed by atoms with E-state index in [4.69, 9.17) is 4.74 Å². The number of nitrogens with zero attached hydrogens (tertiary/aromatic N) is 1. The lowest BCUT2D eigenvalue weighted by Gasteiger charge is -2.23. The van der Waals surface area contributed by atoms with Crippen molar-refractivity contribution in [1.82, 2.24) is 4.90 Å². The van der Waals surface area contributed by atoms with Gasteiger partial charge in [0.2, 0.25) is 0 Å². The zero-order valence-electron chi connectivity index (χ0n) is 12.0. The van der Waals surface area contributed by atoms with Crippen LogP contribution in [0.3, 0.4) is 0 Å². The van der Waals surface area contributed by atoms with Crippen molar-refractivity contribution in [1.29, 1.82) is 0 Å². The van der Waals surface area contributed by atoms with Crippen LogP contribution in [0.5, 0.6) is 5.75 Å². The molecule has 1 aliphatic rings. The third kappa shape index (κ3) is 3.63. The number of anilines is 1. The number of methoxy groups -OCH3 is 1. The molecule has 2 rings (SSSR count). The second-order valence-electron chi connectivity index (χ2n) is 5.30. The third-order valence-corrected chi connectivity index (χ3v) is 3.80. The first kappa shape index (κ1) is 14.7. The van der Waals surface area contributed by atoms with E-state index in [-0.39, 0.29) is 18.1 Å². The second kappa shape index (κ2) is 6.61. The zero-order valence-corrected chi connectivity index (χ0v) is 12.0.